The van der Waals surface area contributed by atoms with Crippen LogP contribution in [0.15, 0.2) is 48.6 Å². The number of rotatable bonds is 46. The highest BCUT2D eigenvalue weighted by Gasteiger charge is 2.19. The second-order valence-corrected chi connectivity index (χ2v) is 17.1. The first-order chi connectivity index (χ1) is 29.5. The number of unbranched alkanes of at least 4 members (excludes halogenated alkanes) is 28. The number of allylic oxidation sites excluding steroid dienone is 8. The lowest BCUT2D eigenvalue weighted by Crippen LogP contribution is -2.30. The van der Waals surface area contributed by atoms with Crippen LogP contribution in [0.2, 0.25) is 0 Å². The maximum atomic E-state index is 12.8. The predicted octanol–water partition coefficient (Wildman–Crippen LogP) is 16.7. The highest BCUT2D eigenvalue weighted by atomic mass is 16.6. The number of esters is 3. The minimum atomic E-state index is -0.783. The van der Waals surface area contributed by atoms with E-state index in [9.17, 15) is 14.4 Å². The molecule has 0 aromatic heterocycles. The van der Waals surface area contributed by atoms with Crippen LogP contribution in [0.1, 0.15) is 258 Å². The monoisotopic (exact) mass is 841 g/mol. The average Bonchev–Trinajstić information content (AvgIpc) is 3.24. The maximum absolute atomic E-state index is 12.8. The third-order valence-electron chi connectivity index (χ3n) is 11.1. The van der Waals surface area contributed by atoms with Gasteiger partial charge in [0.25, 0.3) is 0 Å². The summed E-state index contributed by atoms with van der Waals surface area (Å²) >= 11 is 0. The zero-order valence-electron chi connectivity index (χ0n) is 39.7. The molecule has 0 bridgehead atoms. The molecule has 0 aliphatic heterocycles. The zero-order chi connectivity index (χ0) is 43.7. The average molecular weight is 841 g/mol. The van der Waals surface area contributed by atoms with Crippen molar-refractivity contribution >= 4 is 17.9 Å². The standard InChI is InChI=1S/C54H96O6/c1-4-7-10-13-16-19-22-25-26-27-28-29-30-33-35-38-41-44-47-53(56)59-50-51(60-54(57)48-45-42-39-36-32-24-21-18-15-12-9-6-3)49-58-52(55)46-43-40-37-34-31-23-20-17-14-11-8-5-2/h9,12,18,21,26-29,51H,4-8,10-11,13-17,19-20,22-25,30-50H2,1-3H3/b12-9-,21-18-,27-26-,29-28-. The molecule has 0 saturated heterocycles. The summed E-state index contributed by atoms with van der Waals surface area (Å²) in [5.74, 6) is -0.907. The molecule has 0 spiro atoms. The maximum Gasteiger partial charge on any atom is 0.306 e. The fourth-order valence-corrected chi connectivity index (χ4v) is 7.24. The molecular weight excluding hydrogens is 745 g/mol. The molecule has 0 heterocycles. The normalized spacial score (nSPS) is 12.4. The van der Waals surface area contributed by atoms with Gasteiger partial charge in [-0.15, -0.1) is 0 Å². The van der Waals surface area contributed by atoms with Gasteiger partial charge >= 0.3 is 17.9 Å². The molecule has 0 aromatic rings. The van der Waals surface area contributed by atoms with Crippen molar-refractivity contribution in [1.82, 2.24) is 0 Å². The first kappa shape index (κ1) is 57.4. The molecule has 0 amide bonds. The molecule has 0 N–H and O–H groups in total. The molecule has 0 rings (SSSR count). The first-order valence-corrected chi connectivity index (χ1v) is 25.7. The number of carbonyl (C=O) groups is 3. The Morgan fingerprint density at radius 3 is 1.10 bits per heavy atom. The number of hydrogen-bond acceptors (Lipinski definition) is 6. The van der Waals surface area contributed by atoms with Gasteiger partial charge in [0.1, 0.15) is 13.2 Å². The quantitative estimate of drug-likeness (QED) is 0.0200. The molecule has 0 aromatic carbocycles. The van der Waals surface area contributed by atoms with Crippen LogP contribution in [0.5, 0.6) is 0 Å². The van der Waals surface area contributed by atoms with E-state index < -0.39 is 6.10 Å². The topological polar surface area (TPSA) is 78.9 Å². The molecule has 0 aliphatic carbocycles. The Morgan fingerprint density at radius 2 is 0.700 bits per heavy atom. The molecule has 6 heteroatoms. The third kappa shape index (κ3) is 46.4. The molecule has 1 unspecified atom stereocenters. The highest BCUT2D eigenvalue weighted by Crippen LogP contribution is 2.15. The third-order valence-corrected chi connectivity index (χ3v) is 11.1. The van der Waals surface area contributed by atoms with Gasteiger partial charge in [-0.1, -0.05) is 217 Å². The zero-order valence-corrected chi connectivity index (χ0v) is 39.7. The van der Waals surface area contributed by atoms with Crippen LogP contribution in [0.25, 0.3) is 0 Å². The predicted molar refractivity (Wildman–Crippen MR) is 256 cm³/mol. The van der Waals surface area contributed by atoms with Gasteiger partial charge in [0.15, 0.2) is 6.10 Å². The summed E-state index contributed by atoms with van der Waals surface area (Å²) < 4.78 is 16.8. The van der Waals surface area contributed by atoms with E-state index in [2.05, 4.69) is 69.4 Å². The van der Waals surface area contributed by atoms with Gasteiger partial charge in [-0.25, -0.2) is 0 Å². The van der Waals surface area contributed by atoms with Crippen molar-refractivity contribution < 1.29 is 28.6 Å². The highest BCUT2D eigenvalue weighted by molar-refractivity contribution is 5.71. The van der Waals surface area contributed by atoms with E-state index in [1.54, 1.807) is 0 Å². The fraction of sp³-hybridized carbons (Fsp3) is 0.796. The minimum absolute atomic E-state index is 0.0820. The van der Waals surface area contributed by atoms with E-state index in [4.69, 9.17) is 14.2 Å². The first-order valence-electron chi connectivity index (χ1n) is 25.7. The van der Waals surface area contributed by atoms with Crippen molar-refractivity contribution in [2.45, 2.75) is 264 Å². The van der Waals surface area contributed by atoms with Crippen LogP contribution in [0.3, 0.4) is 0 Å². The molecule has 348 valence electrons. The number of ether oxygens (including phenoxy) is 3. The minimum Gasteiger partial charge on any atom is -0.462 e. The SMILES string of the molecule is CC/C=C\C/C=C\CCCCCCCC(=O)OC(COC(=O)CCCCCCC/C=C\C=C/CCCCCCCCC)COC(=O)CCCCCCCCCCCCCC. The van der Waals surface area contributed by atoms with E-state index in [1.165, 1.54) is 109 Å². The van der Waals surface area contributed by atoms with E-state index >= 15 is 0 Å². The Kier molecular flexibility index (Phi) is 46.9. The van der Waals surface area contributed by atoms with Crippen molar-refractivity contribution in [2.75, 3.05) is 13.2 Å². The lowest BCUT2D eigenvalue weighted by atomic mass is 10.0. The van der Waals surface area contributed by atoms with Crippen molar-refractivity contribution in [3.8, 4) is 0 Å². The van der Waals surface area contributed by atoms with Gasteiger partial charge in [-0.05, 0) is 70.6 Å². The second kappa shape index (κ2) is 49.0. The van der Waals surface area contributed by atoms with Gasteiger partial charge < -0.3 is 14.2 Å². The van der Waals surface area contributed by atoms with Gasteiger partial charge in [0.05, 0.1) is 0 Å². The van der Waals surface area contributed by atoms with Gasteiger partial charge in [-0.2, -0.15) is 0 Å². The summed E-state index contributed by atoms with van der Waals surface area (Å²) in [6, 6.07) is 0. The van der Waals surface area contributed by atoms with Crippen LogP contribution >= 0.6 is 0 Å². The Bertz CT molecular complexity index is 1060. The van der Waals surface area contributed by atoms with Crippen molar-refractivity contribution in [1.29, 1.82) is 0 Å². The number of hydrogen-bond donors (Lipinski definition) is 0. The summed E-state index contributed by atoms with van der Waals surface area (Å²) in [6.07, 6.45) is 58.1. The number of carbonyl (C=O) groups excluding carboxylic acids is 3. The van der Waals surface area contributed by atoms with Crippen molar-refractivity contribution in [3.05, 3.63) is 48.6 Å². The molecule has 60 heavy (non-hydrogen) atoms. The van der Waals surface area contributed by atoms with Crippen LogP contribution < -0.4 is 0 Å². The molecule has 0 fully saturated rings. The van der Waals surface area contributed by atoms with E-state index in [0.29, 0.717) is 19.3 Å². The van der Waals surface area contributed by atoms with Gasteiger partial charge in [-0.3, -0.25) is 14.4 Å². The molecule has 0 saturated carbocycles. The van der Waals surface area contributed by atoms with Crippen LogP contribution in [-0.2, 0) is 28.6 Å². The van der Waals surface area contributed by atoms with Gasteiger partial charge in [0, 0.05) is 19.3 Å². The molecule has 0 radical (unpaired) electrons. The molecular formula is C54H96O6. The summed E-state index contributed by atoms with van der Waals surface area (Å²) in [5.41, 5.74) is 0. The molecule has 1 atom stereocenters. The Hall–Kier alpha value is -2.63. The molecule has 6 nitrogen and oxygen atoms in total. The Labute approximate surface area is 371 Å². The van der Waals surface area contributed by atoms with Crippen LogP contribution in [0.4, 0.5) is 0 Å². The lowest BCUT2D eigenvalue weighted by molar-refractivity contribution is -0.167. The van der Waals surface area contributed by atoms with E-state index in [0.717, 1.165) is 109 Å². The Morgan fingerprint density at radius 1 is 0.367 bits per heavy atom. The van der Waals surface area contributed by atoms with Crippen LogP contribution in [-0.4, -0.2) is 37.2 Å². The summed E-state index contributed by atoms with van der Waals surface area (Å²) in [4.78, 5) is 37.9. The van der Waals surface area contributed by atoms with E-state index in [-0.39, 0.29) is 31.1 Å². The lowest BCUT2D eigenvalue weighted by Gasteiger charge is -2.18. The second-order valence-electron chi connectivity index (χ2n) is 17.1. The summed E-state index contributed by atoms with van der Waals surface area (Å²) in [6.45, 7) is 6.50. The van der Waals surface area contributed by atoms with E-state index in [1.807, 2.05) is 0 Å². The summed E-state index contributed by atoms with van der Waals surface area (Å²) in [7, 11) is 0. The van der Waals surface area contributed by atoms with Crippen molar-refractivity contribution in [3.63, 3.8) is 0 Å². The van der Waals surface area contributed by atoms with Gasteiger partial charge in [0.2, 0.25) is 0 Å². The van der Waals surface area contributed by atoms with Crippen molar-refractivity contribution in [2.24, 2.45) is 0 Å². The Balaban J connectivity index is 4.37. The van der Waals surface area contributed by atoms with Crippen LogP contribution in [0, 0.1) is 0 Å². The molecule has 0 aliphatic rings. The summed E-state index contributed by atoms with van der Waals surface area (Å²) in [5, 5.41) is 0. The fourth-order valence-electron chi connectivity index (χ4n) is 7.24. The smallest absolute Gasteiger partial charge is 0.306 e. The largest absolute Gasteiger partial charge is 0.462 e.